The second-order valence-corrected chi connectivity index (χ2v) is 7.09. The quantitative estimate of drug-likeness (QED) is 0.388. The summed E-state index contributed by atoms with van der Waals surface area (Å²) in [5.74, 6) is 1.34. The Balaban J connectivity index is 1.55. The zero-order valence-corrected chi connectivity index (χ0v) is 17.1. The first-order valence-corrected chi connectivity index (χ1v) is 10.2. The van der Waals surface area contributed by atoms with Crippen LogP contribution in [0, 0.1) is 0 Å². The van der Waals surface area contributed by atoms with Gasteiger partial charge in [-0.15, -0.1) is 0 Å². The standard InChI is InChI=1S/C26H19N3O3/c30-21(16-31-20-14-8-3-9-15-20)29-25-23-22(18-10-4-1-5-11-18)24(19-12-6-2-7-13-19)32-26(23)28-17-27-25/h1-15,17H,16H2,(H,27,28,29,30). The van der Waals surface area contributed by atoms with Gasteiger partial charge in [-0.25, -0.2) is 9.97 Å². The van der Waals surface area contributed by atoms with Crippen LogP contribution in [-0.2, 0) is 4.79 Å². The van der Waals surface area contributed by atoms with Crippen molar-refractivity contribution in [2.75, 3.05) is 11.9 Å². The molecule has 0 atom stereocenters. The van der Waals surface area contributed by atoms with E-state index in [1.165, 1.54) is 6.33 Å². The van der Waals surface area contributed by atoms with E-state index in [9.17, 15) is 4.79 Å². The van der Waals surface area contributed by atoms with Crippen LogP contribution >= 0.6 is 0 Å². The molecule has 3 aromatic carbocycles. The lowest BCUT2D eigenvalue weighted by Crippen LogP contribution is -2.21. The van der Waals surface area contributed by atoms with E-state index in [0.717, 1.165) is 16.7 Å². The third-order valence-corrected chi connectivity index (χ3v) is 4.96. The molecule has 1 N–H and O–H groups in total. The fourth-order valence-electron chi connectivity index (χ4n) is 3.53. The lowest BCUT2D eigenvalue weighted by atomic mass is 9.99. The molecule has 6 nitrogen and oxygen atoms in total. The van der Waals surface area contributed by atoms with Gasteiger partial charge in [0.1, 0.15) is 23.7 Å². The van der Waals surface area contributed by atoms with Crippen molar-refractivity contribution in [2.45, 2.75) is 0 Å². The molecule has 156 valence electrons. The Labute approximate surface area is 184 Å². The predicted molar refractivity (Wildman–Crippen MR) is 123 cm³/mol. The molecule has 0 aliphatic rings. The highest BCUT2D eigenvalue weighted by Gasteiger charge is 2.22. The monoisotopic (exact) mass is 421 g/mol. The summed E-state index contributed by atoms with van der Waals surface area (Å²) in [5.41, 5.74) is 3.08. The van der Waals surface area contributed by atoms with Crippen LogP contribution in [0.5, 0.6) is 5.75 Å². The fourth-order valence-corrected chi connectivity index (χ4v) is 3.53. The van der Waals surface area contributed by atoms with Crippen molar-refractivity contribution >= 4 is 22.8 Å². The van der Waals surface area contributed by atoms with Gasteiger partial charge in [0.2, 0.25) is 5.71 Å². The summed E-state index contributed by atoms with van der Waals surface area (Å²) >= 11 is 0. The highest BCUT2D eigenvalue weighted by molar-refractivity contribution is 6.09. The van der Waals surface area contributed by atoms with Crippen LogP contribution in [0.1, 0.15) is 0 Å². The zero-order chi connectivity index (χ0) is 21.8. The number of amides is 1. The Hall–Kier alpha value is -4.45. The Morgan fingerprint density at radius 2 is 1.44 bits per heavy atom. The lowest BCUT2D eigenvalue weighted by Gasteiger charge is -2.09. The summed E-state index contributed by atoms with van der Waals surface area (Å²) in [6.45, 7) is -0.139. The Bertz CT molecular complexity index is 1350. The van der Waals surface area contributed by atoms with E-state index in [-0.39, 0.29) is 12.5 Å². The number of nitrogens with one attached hydrogen (secondary N) is 1. The number of benzene rings is 3. The van der Waals surface area contributed by atoms with Gasteiger partial charge >= 0.3 is 0 Å². The number of carbonyl (C=O) groups excluding carboxylic acids is 1. The van der Waals surface area contributed by atoms with Crippen LogP contribution in [0.4, 0.5) is 5.82 Å². The van der Waals surface area contributed by atoms with Gasteiger partial charge in [0.15, 0.2) is 6.61 Å². The molecule has 6 heteroatoms. The number of carbonyl (C=O) groups is 1. The highest BCUT2D eigenvalue weighted by Crippen LogP contribution is 2.42. The number of fused-ring (bicyclic) bond motifs is 1. The second kappa shape index (κ2) is 8.73. The van der Waals surface area contributed by atoms with Gasteiger partial charge < -0.3 is 14.5 Å². The third kappa shape index (κ3) is 3.94. The molecule has 0 saturated carbocycles. The summed E-state index contributed by atoms with van der Waals surface area (Å²) < 4.78 is 11.7. The molecule has 0 spiro atoms. The summed E-state index contributed by atoms with van der Waals surface area (Å²) in [6, 6.07) is 28.8. The number of furan rings is 1. The minimum absolute atomic E-state index is 0.139. The third-order valence-electron chi connectivity index (χ3n) is 4.96. The zero-order valence-electron chi connectivity index (χ0n) is 17.1. The Morgan fingerprint density at radius 3 is 2.12 bits per heavy atom. The molecule has 1 amide bonds. The van der Waals surface area contributed by atoms with Gasteiger partial charge in [-0.1, -0.05) is 78.9 Å². The summed E-state index contributed by atoms with van der Waals surface area (Å²) in [7, 11) is 0. The number of rotatable bonds is 6. The maximum absolute atomic E-state index is 12.6. The van der Waals surface area contributed by atoms with E-state index >= 15 is 0 Å². The molecular formula is C26H19N3O3. The van der Waals surface area contributed by atoms with Gasteiger partial charge in [0, 0.05) is 11.1 Å². The molecule has 0 aliphatic heterocycles. The number of hydrogen-bond donors (Lipinski definition) is 1. The largest absolute Gasteiger partial charge is 0.484 e. The first-order valence-electron chi connectivity index (χ1n) is 10.2. The minimum atomic E-state index is -0.324. The number of para-hydroxylation sites is 1. The maximum Gasteiger partial charge on any atom is 0.263 e. The molecule has 0 aliphatic carbocycles. The van der Waals surface area contributed by atoms with Gasteiger partial charge in [0.25, 0.3) is 5.91 Å². The summed E-state index contributed by atoms with van der Waals surface area (Å²) in [6.07, 6.45) is 1.38. The number of hydrogen-bond acceptors (Lipinski definition) is 5. The van der Waals surface area contributed by atoms with E-state index in [1.54, 1.807) is 12.1 Å². The van der Waals surface area contributed by atoms with Crippen LogP contribution in [-0.4, -0.2) is 22.5 Å². The van der Waals surface area contributed by atoms with Crippen LogP contribution in [0.15, 0.2) is 102 Å². The molecule has 5 rings (SSSR count). The van der Waals surface area contributed by atoms with Gasteiger partial charge in [-0.2, -0.15) is 0 Å². The topological polar surface area (TPSA) is 77.2 Å². The molecule has 0 bridgehead atoms. The number of ether oxygens (including phenoxy) is 1. The molecule has 2 aromatic heterocycles. The van der Waals surface area contributed by atoms with Gasteiger partial charge in [-0.05, 0) is 17.7 Å². The molecule has 2 heterocycles. The van der Waals surface area contributed by atoms with E-state index in [0.29, 0.717) is 28.4 Å². The van der Waals surface area contributed by atoms with Crippen LogP contribution in [0.25, 0.3) is 33.6 Å². The summed E-state index contributed by atoms with van der Waals surface area (Å²) in [5, 5.41) is 3.50. The van der Waals surface area contributed by atoms with Gasteiger partial charge in [-0.3, -0.25) is 4.79 Å². The molecule has 0 fully saturated rings. The van der Waals surface area contributed by atoms with Crippen LogP contribution in [0.2, 0.25) is 0 Å². The normalized spacial score (nSPS) is 10.8. The smallest absolute Gasteiger partial charge is 0.263 e. The number of nitrogens with zero attached hydrogens (tertiary/aromatic N) is 2. The SMILES string of the molecule is O=C(COc1ccccc1)Nc1ncnc2oc(-c3ccccc3)c(-c3ccccc3)c12. The van der Waals surface area contributed by atoms with Crippen molar-refractivity contribution in [3.05, 3.63) is 97.3 Å². The van der Waals surface area contributed by atoms with E-state index in [4.69, 9.17) is 9.15 Å². The van der Waals surface area contributed by atoms with E-state index in [1.807, 2.05) is 78.9 Å². The second-order valence-electron chi connectivity index (χ2n) is 7.09. The molecule has 0 saturated heterocycles. The Kier molecular flexibility index (Phi) is 5.32. The van der Waals surface area contributed by atoms with Crippen molar-refractivity contribution in [3.63, 3.8) is 0 Å². The van der Waals surface area contributed by atoms with E-state index in [2.05, 4.69) is 15.3 Å². The first kappa shape index (κ1) is 19.5. The Morgan fingerprint density at radius 1 is 0.812 bits per heavy atom. The summed E-state index contributed by atoms with van der Waals surface area (Å²) in [4.78, 5) is 21.3. The fraction of sp³-hybridized carbons (Fsp3) is 0.0385. The van der Waals surface area contributed by atoms with Crippen molar-refractivity contribution in [3.8, 4) is 28.2 Å². The van der Waals surface area contributed by atoms with Crippen molar-refractivity contribution in [1.29, 1.82) is 0 Å². The molecule has 32 heavy (non-hydrogen) atoms. The van der Waals surface area contributed by atoms with Crippen molar-refractivity contribution in [1.82, 2.24) is 9.97 Å². The number of anilines is 1. The maximum atomic E-state index is 12.6. The van der Waals surface area contributed by atoms with Crippen LogP contribution < -0.4 is 10.1 Å². The van der Waals surface area contributed by atoms with Crippen LogP contribution in [0.3, 0.4) is 0 Å². The molecule has 0 radical (unpaired) electrons. The van der Waals surface area contributed by atoms with Crippen molar-refractivity contribution in [2.24, 2.45) is 0 Å². The van der Waals surface area contributed by atoms with E-state index < -0.39 is 0 Å². The van der Waals surface area contributed by atoms with Gasteiger partial charge in [0.05, 0.1) is 5.39 Å². The highest BCUT2D eigenvalue weighted by atomic mass is 16.5. The minimum Gasteiger partial charge on any atom is -0.484 e. The van der Waals surface area contributed by atoms with Crippen molar-refractivity contribution < 1.29 is 13.9 Å². The molecule has 5 aromatic rings. The average Bonchev–Trinajstić information content (AvgIpc) is 3.25. The molecule has 0 unspecified atom stereocenters. The lowest BCUT2D eigenvalue weighted by molar-refractivity contribution is -0.118. The first-order chi connectivity index (χ1) is 15.8. The number of aromatic nitrogens is 2. The predicted octanol–water partition coefficient (Wildman–Crippen LogP) is 5.57. The molecular weight excluding hydrogens is 402 g/mol. The average molecular weight is 421 g/mol.